The second-order valence-electron chi connectivity index (χ2n) is 1.15. The molecule has 7 heteroatoms. The van der Waals surface area contributed by atoms with Crippen molar-refractivity contribution in [3.63, 3.8) is 0 Å². The summed E-state index contributed by atoms with van der Waals surface area (Å²) in [5.74, 6) is -2.44. The van der Waals surface area contributed by atoms with E-state index in [2.05, 4.69) is 11.5 Å². The Labute approximate surface area is 83.7 Å². The first-order valence-corrected chi connectivity index (χ1v) is 2.34. The number of nitrogens with two attached hydrogens (primary N) is 2. The number of carboxylic acid groups (broad SMARTS) is 2. The summed E-state index contributed by atoms with van der Waals surface area (Å²) < 4.78 is 0. The van der Waals surface area contributed by atoms with Crippen LogP contribution in [0.3, 0.4) is 0 Å². The molecule has 0 saturated carbocycles. The van der Waals surface area contributed by atoms with Crippen molar-refractivity contribution in [1.29, 1.82) is 0 Å². The van der Waals surface area contributed by atoms with Crippen molar-refractivity contribution in [3.8, 4) is 0 Å². The summed E-state index contributed by atoms with van der Waals surface area (Å²) in [6, 6.07) is 0. The predicted molar refractivity (Wildman–Crippen MR) is 28.1 cm³/mol. The first-order valence-electron chi connectivity index (χ1n) is 2.34. The van der Waals surface area contributed by atoms with Gasteiger partial charge in [-0.05, 0) is 0 Å². The van der Waals surface area contributed by atoms with E-state index < -0.39 is 11.9 Å². The summed E-state index contributed by atoms with van der Waals surface area (Å²) in [6.45, 7) is -0.778. The van der Waals surface area contributed by atoms with Gasteiger partial charge in [-0.15, -0.1) is 0 Å². The number of rotatable bonds is 2. The summed E-state index contributed by atoms with van der Waals surface area (Å²) in [5, 5.41) is 18.3. The molecule has 0 aromatic heterocycles. The number of carboxylic acids is 2. The van der Waals surface area contributed by atoms with Crippen molar-refractivity contribution < 1.29 is 47.1 Å². The third kappa shape index (κ3) is 41.4. The zero-order valence-electron chi connectivity index (χ0n) is 5.91. The Balaban J connectivity index is -0.000000107. The molecule has 0 bridgehead atoms. The molecule has 11 heavy (non-hydrogen) atoms. The van der Waals surface area contributed by atoms with Crippen LogP contribution in [0.2, 0.25) is 0 Å². The predicted octanol–water partition coefficient (Wildman–Crippen LogP) is -4.61. The van der Waals surface area contributed by atoms with Crippen LogP contribution in [0.5, 0.6) is 0 Å². The molecule has 0 aliphatic rings. The van der Waals surface area contributed by atoms with Crippen molar-refractivity contribution in [2.75, 3.05) is 13.1 Å². The first-order chi connectivity index (χ1) is 4.54. The van der Waals surface area contributed by atoms with E-state index in [0.29, 0.717) is 0 Å². The van der Waals surface area contributed by atoms with Crippen LogP contribution in [0.25, 0.3) is 0 Å². The minimum absolute atomic E-state index is 0. The van der Waals surface area contributed by atoms with Crippen molar-refractivity contribution in [1.82, 2.24) is 0 Å². The molecule has 0 radical (unpaired) electrons. The molecule has 0 rings (SSSR count). The zero-order chi connectivity index (χ0) is 8.57. The Morgan fingerprint density at radius 2 is 1.09 bits per heavy atom. The molecule has 6 nitrogen and oxygen atoms in total. The van der Waals surface area contributed by atoms with Gasteiger partial charge in [0.2, 0.25) is 0 Å². The largest absolute Gasteiger partial charge is 2.00 e. The molecule has 0 atom stereocenters. The Bertz CT molecular complexity index is 105. The second kappa shape index (κ2) is 12.5. The van der Waals surface area contributed by atoms with E-state index in [0.717, 1.165) is 0 Å². The molecule has 0 saturated heterocycles. The van der Waals surface area contributed by atoms with E-state index in [9.17, 15) is 0 Å². The van der Waals surface area contributed by atoms with Crippen LogP contribution in [0.1, 0.15) is 0 Å². The fourth-order valence-electron chi connectivity index (χ4n) is 0. The van der Waals surface area contributed by atoms with Crippen LogP contribution in [-0.2, 0) is 36.9 Å². The summed E-state index contributed by atoms with van der Waals surface area (Å²) >= 11 is 0. The third-order valence-corrected chi connectivity index (χ3v) is 0.333. The first kappa shape index (κ1) is 17.0. The van der Waals surface area contributed by atoms with Gasteiger partial charge in [0.1, 0.15) is 0 Å². The van der Waals surface area contributed by atoms with Crippen LogP contribution in [0, 0.1) is 0 Å². The average Bonchev–Trinajstić information content (AvgIpc) is 1.89. The number of carbonyl (C=O) groups is 2. The van der Waals surface area contributed by atoms with Crippen LogP contribution in [0.4, 0.5) is 0 Å². The van der Waals surface area contributed by atoms with Gasteiger partial charge >= 0.3 is 27.3 Å². The van der Waals surface area contributed by atoms with Gasteiger partial charge in [-0.1, -0.05) is 0 Å². The van der Waals surface area contributed by atoms with Gasteiger partial charge in [-0.25, -0.2) is 0 Å². The summed E-state index contributed by atoms with van der Waals surface area (Å²) in [7, 11) is 0. The van der Waals surface area contributed by atoms with Gasteiger partial charge in [-0.3, -0.25) is 0 Å². The molecule has 0 aliphatic heterocycles. The smallest absolute Gasteiger partial charge is 0.549 e. The number of hydrogen-bond donors (Lipinski definition) is 2. The molecule has 0 fully saturated rings. The topological polar surface area (TPSA) is 132 Å². The van der Waals surface area contributed by atoms with Gasteiger partial charge in [0.05, 0.1) is 11.9 Å². The number of carbonyl (C=O) groups excluding carboxylic acids is 2. The van der Waals surface area contributed by atoms with E-state index in [-0.39, 0.29) is 40.4 Å². The van der Waals surface area contributed by atoms with Crippen LogP contribution in [0.15, 0.2) is 0 Å². The minimum atomic E-state index is -1.22. The van der Waals surface area contributed by atoms with Gasteiger partial charge in [0.25, 0.3) is 0 Å². The molecule has 0 aliphatic carbocycles. The van der Waals surface area contributed by atoms with Crippen LogP contribution >= 0.6 is 0 Å². The molecule has 60 valence electrons. The number of hydrogen-bond acceptors (Lipinski definition) is 6. The SMILES string of the molecule is NCC(=O)[O-].NCC(=O)[O-].[Cd+2]. The maximum atomic E-state index is 9.13. The molecule has 0 aromatic carbocycles. The van der Waals surface area contributed by atoms with Crippen molar-refractivity contribution in [2.24, 2.45) is 11.5 Å². The van der Waals surface area contributed by atoms with Gasteiger partial charge < -0.3 is 31.3 Å². The summed E-state index contributed by atoms with van der Waals surface area (Å²) in [4.78, 5) is 18.3. The molecule has 0 spiro atoms. The van der Waals surface area contributed by atoms with Crippen LogP contribution in [-0.4, -0.2) is 25.0 Å². The molecule has 0 aromatic rings. The second-order valence-corrected chi connectivity index (χ2v) is 1.15. The van der Waals surface area contributed by atoms with E-state index in [4.69, 9.17) is 19.8 Å². The number of aliphatic carboxylic acids is 2. The summed E-state index contributed by atoms with van der Waals surface area (Å²) in [5.41, 5.74) is 9.02. The zero-order valence-corrected chi connectivity index (χ0v) is 9.95. The van der Waals surface area contributed by atoms with Crippen molar-refractivity contribution in [3.05, 3.63) is 0 Å². The Morgan fingerprint density at radius 3 is 1.09 bits per heavy atom. The van der Waals surface area contributed by atoms with Gasteiger partial charge in [0.15, 0.2) is 0 Å². The molecule has 0 heterocycles. The maximum Gasteiger partial charge on any atom is 2.00 e. The quantitative estimate of drug-likeness (QED) is 0.480. The minimum Gasteiger partial charge on any atom is -0.549 e. The van der Waals surface area contributed by atoms with E-state index in [1.165, 1.54) is 0 Å². The normalized spacial score (nSPS) is 6.73. The van der Waals surface area contributed by atoms with E-state index in [1.54, 1.807) is 0 Å². The standard InChI is InChI=1S/2C2H5NO2.Cd/c2*3-1-2(4)5;/h2*1,3H2,(H,4,5);/q;;+2/p-2. The van der Waals surface area contributed by atoms with E-state index >= 15 is 0 Å². The fraction of sp³-hybridized carbons (Fsp3) is 0.500. The Hall–Kier alpha value is -0.218. The monoisotopic (exact) mass is 262 g/mol. The fourth-order valence-corrected chi connectivity index (χ4v) is 0. The van der Waals surface area contributed by atoms with Crippen molar-refractivity contribution in [2.45, 2.75) is 0 Å². The van der Waals surface area contributed by atoms with Crippen molar-refractivity contribution >= 4 is 11.9 Å². The molecular weight excluding hydrogens is 252 g/mol. The van der Waals surface area contributed by atoms with E-state index in [1.807, 2.05) is 0 Å². The summed E-state index contributed by atoms with van der Waals surface area (Å²) in [6.07, 6.45) is 0. The van der Waals surface area contributed by atoms with Crippen LogP contribution < -0.4 is 21.7 Å². The average molecular weight is 261 g/mol. The Kier molecular flexibility index (Phi) is 19.3. The molecular formula is C4H8CdN2O4. The van der Waals surface area contributed by atoms with Gasteiger partial charge in [0, 0.05) is 13.1 Å². The van der Waals surface area contributed by atoms with Gasteiger partial charge in [-0.2, -0.15) is 0 Å². The molecule has 4 N–H and O–H groups in total. The molecule has 0 amide bonds. The maximum absolute atomic E-state index is 9.13. The molecule has 0 unspecified atom stereocenters. The third-order valence-electron chi connectivity index (χ3n) is 0.333. The Morgan fingerprint density at radius 1 is 1.00 bits per heavy atom.